The molecule has 2 aliphatic carbocycles. The van der Waals surface area contributed by atoms with Gasteiger partial charge in [-0.3, -0.25) is 9.59 Å². The molecule has 2 atom stereocenters. The van der Waals surface area contributed by atoms with Crippen LogP contribution in [0.4, 0.5) is 0 Å². The smallest absolute Gasteiger partial charge is 0.144 e. The Morgan fingerprint density at radius 2 is 1.37 bits per heavy atom. The van der Waals surface area contributed by atoms with Gasteiger partial charge in [-0.15, -0.1) is 0 Å². The highest BCUT2D eigenvalue weighted by molar-refractivity contribution is 5.92. The number of rotatable bonds is 4. The molecule has 2 aromatic rings. The second-order valence-electron chi connectivity index (χ2n) is 8.91. The zero-order valence-corrected chi connectivity index (χ0v) is 16.7. The molecule has 2 aromatic carbocycles. The van der Waals surface area contributed by atoms with Gasteiger partial charge >= 0.3 is 0 Å². The third kappa shape index (κ3) is 4.37. The lowest BCUT2D eigenvalue weighted by Crippen LogP contribution is -2.35. The average Bonchev–Trinajstić information content (AvgIpc) is 3.13. The summed E-state index contributed by atoms with van der Waals surface area (Å²) in [5, 5.41) is 0. The molecule has 2 fully saturated rings. The summed E-state index contributed by atoms with van der Waals surface area (Å²) in [6.45, 7) is 6.37. The van der Waals surface area contributed by atoms with Crippen LogP contribution in [-0.2, 0) is 22.4 Å². The van der Waals surface area contributed by atoms with E-state index in [0.29, 0.717) is 24.5 Å². The van der Waals surface area contributed by atoms with Gasteiger partial charge in [0.2, 0.25) is 0 Å². The molecule has 4 rings (SSSR count). The molecule has 27 heavy (non-hydrogen) atoms. The molecule has 0 amide bonds. The Morgan fingerprint density at radius 3 is 1.70 bits per heavy atom. The number of carbonyl (C=O) groups is 2. The van der Waals surface area contributed by atoms with Crippen molar-refractivity contribution < 1.29 is 9.59 Å². The number of hydrogen-bond acceptors (Lipinski definition) is 2. The third-order valence-corrected chi connectivity index (χ3v) is 6.38. The molecular formula is C25H30O2. The zero-order valence-electron chi connectivity index (χ0n) is 16.7. The molecule has 0 spiro atoms. The first-order valence-electron chi connectivity index (χ1n) is 9.96. The lowest BCUT2D eigenvalue weighted by atomic mass is 9.72. The van der Waals surface area contributed by atoms with Gasteiger partial charge in [0.05, 0.1) is 0 Å². The van der Waals surface area contributed by atoms with Crippen LogP contribution in [0, 0.1) is 16.7 Å². The molecule has 0 aromatic heterocycles. The quantitative estimate of drug-likeness (QED) is 0.725. The maximum atomic E-state index is 11.8. The fourth-order valence-electron chi connectivity index (χ4n) is 4.74. The van der Waals surface area contributed by atoms with Gasteiger partial charge in [-0.05, 0) is 36.3 Å². The van der Waals surface area contributed by atoms with Gasteiger partial charge < -0.3 is 0 Å². The summed E-state index contributed by atoms with van der Waals surface area (Å²) in [5.41, 5.74) is 2.23. The lowest BCUT2D eigenvalue weighted by Gasteiger charge is -2.31. The number of benzene rings is 2. The predicted molar refractivity (Wildman–Crippen MR) is 110 cm³/mol. The molecule has 0 N–H and O–H groups in total. The molecule has 0 aliphatic heterocycles. The van der Waals surface area contributed by atoms with Gasteiger partial charge in [-0.1, -0.05) is 81.4 Å². The molecule has 0 radical (unpaired) electrons. The molecule has 0 unspecified atom stereocenters. The first-order chi connectivity index (χ1) is 12.8. The van der Waals surface area contributed by atoms with Crippen molar-refractivity contribution >= 4 is 11.6 Å². The molecule has 142 valence electrons. The molecule has 2 bridgehead atoms. The summed E-state index contributed by atoms with van der Waals surface area (Å²) >= 11 is 0. The van der Waals surface area contributed by atoms with E-state index in [-0.39, 0.29) is 16.6 Å². The van der Waals surface area contributed by atoms with E-state index in [2.05, 4.69) is 20.8 Å². The van der Waals surface area contributed by atoms with E-state index in [4.69, 9.17) is 0 Å². The highest BCUT2D eigenvalue weighted by Gasteiger charge is 2.58. The minimum Gasteiger partial charge on any atom is -0.299 e. The van der Waals surface area contributed by atoms with Crippen LogP contribution in [0.3, 0.4) is 0 Å². The van der Waals surface area contributed by atoms with Crippen LogP contribution in [0.25, 0.3) is 0 Å². The van der Waals surface area contributed by atoms with E-state index in [1.54, 1.807) is 0 Å². The Balaban J connectivity index is 0.000000166. The van der Waals surface area contributed by atoms with E-state index < -0.39 is 0 Å². The predicted octanol–water partition coefficient (Wildman–Crippen LogP) is 5.44. The highest BCUT2D eigenvalue weighted by atomic mass is 16.1. The Labute approximate surface area is 163 Å². The Bertz CT molecular complexity index is 741. The van der Waals surface area contributed by atoms with Crippen molar-refractivity contribution in [2.45, 2.75) is 52.9 Å². The van der Waals surface area contributed by atoms with Crippen LogP contribution in [0.2, 0.25) is 0 Å². The first-order valence-corrected chi connectivity index (χ1v) is 9.96. The summed E-state index contributed by atoms with van der Waals surface area (Å²) < 4.78 is 0. The van der Waals surface area contributed by atoms with Crippen LogP contribution >= 0.6 is 0 Å². The first kappa shape index (κ1) is 19.5. The Hall–Kier alpha value is -2.22. The van der Waals surface area contributed by atoms with Gasteiger partial charge in [0.1, 0.15) is 11.6 Å². The molecule has 2 heteroatoms. The van der Waals surface area contributed by atoms with Gasteiger partial charge in [0.15, 0.2) is 0 Å². The van der Waals surface area contributed by atoms with Crippen LogP contribution in [-0.4, -0.2) is 11.6 Å². The average molecular weight is 363 g/mol. The number of fused-ring (bicyclic) bond motifs is 2. The van der Waals surface area contributed by atoms with Gasteiger partial charge in [-0.2, -0.15) is 0 Å². The van der Waals surface area contributed by atoms with Gasteiger partial charge in [0.25, 0.3) is 0 Å². The molecule has 2 saturated carbocycles. The number of ketones is 2. The lowest BCUT2D eigenvalue weighted by molar-refractivity contribution is -0.134. The van der Waals surface area contributed by atoms with E-state index in [9.17, 15) is 9.59 Å². The van der Waals surface area contributed by atoms with Gasteiger partial charge in [-0.25, -0.2) is 0 Å². The summed E-state index contributed by atoms with van der Waals surface area (Å²) in [6, 6.07) is 19.7. The largest absolute Gasteiger partial charge is 0.299 e. The van der Waals surface area contributed by atoms with E-state index in [1.807, 2.05) is 60.7 Å². The van der Waals surface area contributed by atoms with Crippen molar-refractivity contribution in [3.8, 4) is 0 Å². The molecular weight excluding hydrogens is 332 g/mol. The molecule has 2 aliphatic rings. The maximum absolute atomic E-state index is 11.8. The topological polar surface area (TPSA) is 34.1 Å². The van der Waals surface area contributed by atoms with E-state index in [1.165, 1.54) is 6.42 Å². The maximum Gasteiger partial charge on any atom is 0.144 e. The summed E-state index contributed by atoms with van der Waals surface area (Å²) in [6.07, 6.45) is 4.61. The summed E-state index contributed by atoms with van der Waals surface area (Å²) in [4.78, 5) is 23.6. The second kappa shape index (κ2) is 7.80. The van der Waals surface area contributed by atoms with Crippen LogP contribution in [0.15, 0.2) is 60.7 Å². The fraction of sp³-hybridized carbons (Fsp3) is 0.440. The third-order valence-electron chi connectivity index (χ3n) is 6.38. The van der Waals surface area contributed by atoms with Crippen LogP contribution < -0.4 is 0 Å². The summed E-state index contributed by atoms with van der Waals surface area (Å²) in [5.74, 6) is 1.46. The standard InChI is InChI=1S/C15H14O.C10H16O/c16-15(11-13-7-3-1-4-8-13)12-14-9-5-2-6-10-14;1-9(2)7-4-5-10(3,6-7)8(9)11/h1-10H,11-12H2;7H,4-6H2,1-3H3/t;7-,10+/m.1/s1. The zero-order chi connectivity index (χ0) is 19.5. The minimum absolute atomic E-state index is 0.00694. The van der Waals surface area contributed by atoms with Crippen molar-refractivity contribution in [1.82, 2.24) is 0 Å². The van der Waals surface area contributed by atoms with Crippen molar-refractivity contribution in [3.05, 3.63) is 71.8 Å². The minimum atomic E-state index is -0.00694. The van der Waals surface area contributed by atoms with Crippen LogP contribution in [0.5, 0.6) is 0 Å². The Morgan fingerprint density at radius 1 is 0.889 bits per heavy atom. The Kier molecular flexibility index (Phi) is 5.64. The van der Waals surface area contributed by atoms with E-state index in [0.717, 1.165) is 24.0 Å². The van der Waals surface area contributed by atoms with Crippen molar-refractivity contribution in [2.75, 3.05) is 0 Å². The number of Topliss-reactive ketones (excluding diaryl/α,β-unsaturated/α-hetero) is 2. The van der Waals surface area contributed by atoms with Crippen LogP contribution in [0.1, 0.15) is 51.2 Å². The SMILES string of the molecule is CC1(C)C(=O)[C@@]2(C)CC[C@@H]1C2.O=C(Cc1ccccc1)Cc1ccccc1. The highest BCUT2D eigenvalue weighted by Crippen LogP contribution is 2.59. The summed E-state index contributed by atoms with van der Waals surface area (Å²) in [7, 11) is 0. The number of carbonyl (C=O) groups excluding carboxylic acids is 2. The fourth-order valence-corrected chi connectivity index (χ4v) is 4.74. The monoisotopic (exact) mass is 362 g/mol. The van der Waals surface area contributed by atoms with Crippen molar-refractivity contribution in [3.63, 3.8) is 0 Å². The molecule has 0 heterocycles. The van der Waals surface area contributed by atoms with Gasteiger partial charge in [0, 0.05) is 23.7 Å². The normalized spacial score (nSPS) is 25.0. The van der Waals surface area contributed by atoms with E-state index >= 15 is 0 Å². The van der Waals surface area contributed by atoms with Crippen molar-refractivity contribution in [1.29, 1.82) is 0 Å². The van der Waals surface area contributed by atoms with Crippen molar-refractivity contribution in [2.24, 2.45) is 16.7 Å². The number of hydrogen-bond donors (Lipinski definition) is 0. The second-order valence-corrected chi connectivity index (χ2v) is 8.91. The molecule has 0 saturated heterocycles. The molecule has 2 nitrogen and oxygen atoms in total.